The van der Waals surface area contributed by atoms with Crippen molar-refractivity contribution in [2.45, 2.75) is 52.0 Å². The highest BCUT2D eigenvalue weighted by Gasteiger charge is 2.24. The van der Waals surface area contributed by atoms with E-state index in [0.29, 0.717) is 24.3 Å². The molecule has 1 saturated heterocycles. The molecule has 0 aromatic carbocycles. The number of rotatable bonds is 7. The quantitative estimate of drug-likeness (QED) is 0.604. The molecule has 2 heterocycles. The summed E-state index contributed by atoms with van der Waals surface area (Å²) in [6.07, 6.45) is 3.28. The second kappa shape index (κ2) is 9.01. The Morgan fingerprint density at radius 1 is 1.50 bits per heavy atom. The Morgan fingerprint density at radius 3 is 2.92 bits per heavy atom. The van der Waals surface area contributed by atoms with E-state index < -0.39 is 0 Å². The molecular formula is C17H32N6O. The fourth-order valence-electron chi connectivity index (χ4n) is 3.19. The van der Waals surface area contributed by atoms with Crippen LogP contribution in [0.25, 0.3) is 0 Å². The van der Waals surface area contributed by atoms with Crippen molar-refractivity contribution in [2.24, 2.45) is 4.99 Å². The van der Waals surface area contributed by atoms with Gasteiger partial charge in [0.1, 0.15) is 0 Å². The topological polar surface area (TPSA) is 69.8 Å². The van der Waals surface area contributed by atoms with Crippen molar-refractivity contribution in [2.75, 3.05) is 40.3 Å². The van der Waals surface area contributed by atoms with Crippen molar-refractivity contribution in [1.82, 2.24) is 25.3 Å². The number of hydrogen-bond donors (Lipinski definition) is 1. The molecule has 1 unspecified atom stereocenters. The molecule has 0 saturated carbocycles. The van der Waals surface area contributed by atoms with Crippen molar-refractivity contribution in [3.8, 4) is 0 Å². The summed E-state index contributed by atoms with van der Waals surface area (Å²) < 4.78 is 5.28. The Kier molecular flexibility index (Phi) is 7.02. The highest BCUT2D eigenvalue weighted by molar-refractivity contribution is 5.79. The van der Waals surface area contributed by atoms with Gasteiger partial charge in [-0.3, -0.25) is 9.89 Å². The Labute approximate surface area is 145 Å². The van der Waals surface area contributed by atoms with Gasteiger partial charge >= 0.3 is 0 Å². The Bertz CT molecular complexity index is 527. The van der Waals surface area contributed by atoms with E-state index >= 15 is 0 Å². The van der Waals surface area contributed by atoms with E-state index in [-0.39, 0.29) is 0 Å². The van der Waals surface area contributed by atoms with Gasteiger partial charge in [-0.2, -0.15) is 4.98 Å². The molecule has 7 heteroatoms. The van der Waals surface area contributed by atoms with Gasteiger partial charge in [0, 0.05) is 45.6 Å². The van der Waals surface area contributed by atoms with Crippen LogP contribution in [0.5, 0.6) is 0 Å². The van der Waals surface area contributed by atoms with E-state index in [4.69, 9.17) is 4.52 Å². The molecule has 0 radical (unpaired) electrons. The Hall–Kier alpha value is -1.63. The number of likely N-dealkylation sites (tertiary alicyclic amines) is 1. The SMILES string of the molecule is CCN1CCCC1CN(C)C(=NC)NCCc1nc(C(C)C)no1. The van der Waals surface area contributed by atoms with Crippen LogP contribution in [-0.2, 0) is 6.42 Å². The first-order valence-corrected chi connectivity index (χ1v) is 9.03. The van der Waals surface area contributed by atoms with E-state index in [0.717, 1.165) is 31.4 Å². The van der Waals surface area contributed by atoms with Crippen molar-refractivity contribution < 1.29 is 4.52 Å². The van der Waals surface area contributed by atoms with Gasteiger partial charge in [0.05, 0.1) is 0 Å². The van der Waals surface area contributed by atoms with Crippen LogP contribution in [0.1, 0.15) is 51.2 Å². The molecule has 1 aliphatic heterocycles. The van der Waals surface area contributed by atoms with Crippen LogP contribution in [0, 0.1) is 0 Å². The summed E-state index contributed by atoms with van der Waals surface area (Å²) in [4.78, 5) is 13.6. The van der Waals surface area contributed by atoms with Gasteiger partial charge in [-0.15, -0.1) is 0 Å². The molecular weight excluding hydrogens is 304 g/mol. The first kappa shape index (κ1) is 18.7. The highest BCUT2D eigenvalue weighted by Crippen LogP contribution is 2.17. The third-order valence-corrected chi connectivity index (χ3v) is 4.59. The van der Waals surface area contributed by atoms with Crippen LogP contribution >= 0.6 is 0 Å². The van der Waals surface area contributed by atoms with Gasteiger partial charge in [-0.05, 0) is 25.9 Å². The van der Waals surface area contributed by atoms with Gasteiger partial charge < -0.3 is 14.7 Å². The van der Waals surface area contributed by atoms with Crippen molar-refractivity contribution in [1.29, 1.82) is 0 Å². The zero-order valence-corrected chi connectivity index (χ0v) is 15.7. The molecule has 1 aromatic rings. The molecule has 1 N–H and O–H groups in total. The molecule has 7 nitrogen and oxygen atoms in total. The lowest BCUT2D eigenvalue weighted by molar-refractivity contribution is 0.232. The van der Waals surface area contributed by atoms with E-state index in [9.17, 15) is 0 Å². The molecule has 1 atom stereocenters. The van der Waals surface area contributed by atoms with Gasteiger partial charge in [-0.1, -0.05) is 25.9 Å². The first-order valence-electron chi connectivity index (χ1n) is 9.03. The summed E-state index contributed by atoms with van der Waals surface area (Å²) in [6, 6.07) is 0.628. The molecule has 1 aromatic heterocycles. The molecule has 24 heavy (non-hydrogen) atoms. The number of aromatic nitrogens is 2. The molecule has 1 fully saturated rings. The minimum absolute atomic E-state index is 0.294. The van der Waals surface area contributed by atoms with Crippen LogP contribution in [0.15, 0.2) is 9.52 Å². The number of aliphatic imine (C=N–C) groups is 1. The Balaban J connectivity index is 1.78. The zero-order valence-electron chi connectivity index (χ0n) is 15.7. The summed E-state index contributed by atoms with van der Waals surface area (Å²) in [5.74, 6) is 2.66. The maximum atomic E-state index is 5.28. The summed E-state index contributed by atoms with van der Waals surface area (Å²) in [6.45, 7) is 10.4. The predicted octanol–water partition coefficient (Wildman–Crippen LogP) is 1.73. The minimum Gasteiger partial charge on any atom is -0.356 e. The summed E-state index contributed by atoms with van der Waals surface area (Å²) in [7, 11) is 3.93. The smallest absolute Gasteiger partial charge is 0.228 e. The second-order valence-electron chi connectivity index (χ2n) is 6.73. The average Bonchev–Trinajstić information content (AvgIpc) is 3.20. The summed E-state index contributed by atoms with van der Waals surface area (Å²) >= 11 is 0. The maximum absolute atomic E-state index is 5.28. The number of hydrogen-bond acceptors (Lipinski definition) is 5. The van der Waals surface area contributed by atoms with Crippen molar-refractivity contribution >= 4 is 5.96 Å². The van der Waals surface area contributed by atoms with Gasteiger partial charge in [0.25, 0.3) is 0 Å². The summed E-state index contributed by atoms with van der Waals surface area (Å²) in [5, 5.41) is 7.39. The molecule has 0 amide bonds. The zero-order chi connectivity index (χ0) is 17.5. The van der Waals surface area contributed by atoms with Crippen molar-refractivity contribution in [3.63, 3.8) is 0 Å². The lowest BCUT2D eigenvalue weighted by Gasteiger charge is -2.29. The fraction of sp³-hybridized carbons (Fsp3) is 0.824. The lowest BCUT2D eigenvalue weighted by atomic mass is 10.2. The standard InChI is InChI=1S/C17H32N6O/c1-6-23-11-7-8-14(23)12-22(5)17(18-4)19-10-9-15-20-16(13(2)3)21-24-15/h13-14H,6-12H2,1-5H3,(H,18,19). The van der Waals surface area contributed by atoms with Crippen LogP contribution in [0.2, 0.25) is 0 Å². The first-order chi connectivity index (χ1) is 11.5. The number of nitrogens with zero attached hydrogens (tertiary/aromatic N) is 5. The van der Waals surface area contributed by atoms with E-state index in [1.807, 2.05) is 7.05 Å². The number of likely N-dealkylation sites (N-methyl/N-ethyl adjacent to an activating group) is 2. The Morgan fingerprint density at radius 2 is 2.29 bits per heavy atom. The molecule has 2 rings (SSSR count). The predicted molar refractivity (Wildman–Crippen MR) is 96.4 cm³/mol. The van der Waals surface area contributed by atoms with E-state index in [1.54, 1.807) is 0 Å². The molecule has 136 valence electrons. The minimum atomic E-state index is 0.294. The largest absolute Gasteiger partial charge is 0.356 e. The number of nitrogens with one attached hydrogen (secondary N) is 1. The van der Waals surface area contributed by atoms with Gasteiger partial charge in [0.15, 0.2) is 11.8 Å². The maximum Gasteiger partial charge on any atom is 0.228 e. The molecule has 0 aliphatic carbocycles. The average molecular weight is 336 g/mol. The van der Waals surface area contributed by atoms with Gasteiger partial charge in [0.2, 0.25) is 5.89 Å². The highest BCUT2D eigenvalue weighted by atomic mass is 16.5. The van der Waals surface area contributed by atoms with E-state index in [1.165, 1.54) is 19.4 Å². The third-order valence-electron chi connectivity index (χ3n) is 4.59. The number of guanidine groups is 1. The fourth-order valence-corrected chi connectivity index (χ4v) is 3.19. The van der Waals surface area contributed by atoms with Crippen LogP contribution in [-0.4, -0.2) is 72.2 Å². The molecule has 0 spiro atoms. The van der Waals surface area contributed by atoms with Crippen LogP contribution < -0.4 is 5.32 Å². The molecule has 0 bridgehead atoms. The van der Waals surface area contributed by atoms with Crippen LogP contribution in [0.3, 0.4) is 0 Å². The van der Waals surface area contributed by atoms with Gasteiger partial charge in [-0.25, -0.2) is 0 Å². The van der Waals surface area contributed by atoms with Crippen molar-refractivity contribution in [3.05, 3.63) is 11.7 Å². The third kappa shape index (κ3) is 4.93. The monoisotopic (exact) mass is 336 g/mol. The lowest BCUT2D eigenvalue weighted by Crippen LogP contribution is -2.46. The molecule has 1 aliphatic rings. The van der Waals surface area contributed by atoms with Crippen LogP contribution in [0.4, 0.5) is 0 Å². The van der Waals surface area contributed by atoms with E-state index in [2.05, 4.69) is 58.1 Å². The summed E-state index contributed by atoms with van der Waals surface area (Å²) in [5.41, 5.74) is 0. The second-order valence-corrected chi connectivity index (χ2v) is 6.73. The normalized spacial score (nSPS) is 19.2.